The minimum atomic E-state index is -0.197. The highest BCUT2D eigenvalue weighted by Gasteiger charge is 2.22. The fourth-order valence-electron chi connectivity index (χ4n) is 2.15. The number of imidazole rings is 1. The van der Waals surface area contributed by atoms with Crippen molar-refractivity contribution in [1.29, 1.82) is 0 Å². The SMILES string of the molecule is CC(C)n1cc[n+](C(C)C)c1-c1ccc(F)cc1. The van der Waals surface area contributed by atoms with Crippen molar-refractivity contribution >= 4 is 0 Å². The Balaban J connectivity index is 2.59. The quantitative estimate of drug-likeness (QED) is 0.731. The second kappa shape index (κ2) is 4.92. The molecule has 0 bridgehead atoms. The Morgan fingerprint density at radius 3 is 2.17 bits per heavy atom. The molecule has 1 aromatic heterocycles. The summed E-state index contributed by atoms with van der Waals surface area (Å²) in [6.07, 6.45) is 4.17. The molecule has 2 aromatic rings. The van der Waals surface area contributed by atoms with Gasteiger partial charge in [0.15, 0.2) is 0 Å². The van der Waals surface area contributed by atoms with Crippen molar-refractivity contribution in [1.82, 2.24) is 4.57 Å². The molecule has 0 saturated heterocycles. The fourth-order valence-corrected chi connectivity index (χ4v) is 2.15. The van der Waals surface area contributed by atoms with Crippen LogP contribution in [0.2, 0.25) is 0 Å². The number of halogens is 1. The van der Waals surface area contributed by atoms with E-state index in [1.54, 1.807) is 0 Å². The standard InChI is InChI=1S/C15H20FN2/c1-11(2)17-9-10-18(12(3)4)15(17)13-5-7-14(16)8-6-13/h5-12H,1-4H3/q+1. The predicted molar refractivity (Wildman–Crippen MR) is 70.8 cm³/mol. The Labute approximate surface area is 108 Å². The van der Waals surface area contributed by atoms with Crippen LogP contribution in [0.25, 0.3) is 11.4 Å². The summed E-state index contributed by atoms with van der Waals surface area (Å²) >= 11 is 0. The molecule has 3 heteroatoms. The molecule has 2 nitrogen and oxygen atoms in total. The average molecular weight is 247 g/mol. The lowest BCUT2D eigenvalue weighted by molar-refractivity contribution is -0.705. The smallest absolute Gasteiger partial charge is 0.228 e. The summed E-state index contributed by atoms with van der Waals surface area (Å²) in [6, 6.07) is 7.45. The van der Waals surface area contributed by atoms with Gasteiger partial charge in [-0.25, -0.2) is 13.5 Å². The van der Waals surface area contributed by atoms with E-state index >= 15 is 0 Å². The molecule has 96 valence electrons. The van der Waals surface area contributed by atoms with Gasteiger partial charge in [0.1, 0.15) is 18.2 Å². The number of nitrogens with zero attached hydrogens (tertiary/aromatic N) is 2. The molecule has 0 radical (unpaired) electrons. The van der Waals surface area contributed by atoms with Gasteiger partial charge in [-0.3, -0.25) is 0 Å². The molecule has 0 aliphatic heterocycles. The van der Waals surface area contributed by atoms with Crippen LogP contribution in [-0.2, 0) is 0 Å². The van der Waals surface area contributed by atoms with E-state index < -0.39 is 0 Å². The second-order valence-electron chi connectivity index (χ2n) is 5.13. The first-order chi connectivity index (χ1) is 8.50. The number of rotatable bonds is 3. The van der Waals surface area contributed by atoms with Gasteiger partial charge in [-0.05, 0) is 52.0 Å². The van der Waals surface area contributed by atoms with E-state index in [2.05, 4.69) is 49.2 Å². The van der Waals surface area contributed by atoms with E-state index in [1.807, 2.05) is 12.1 Å². The first kappa shape index (κ1) is 12.8. The van der Waals surface area contributed by atoms with Crippen molar-refractivity contribution in [3.63, 3.8) is 0 Å². The summed E-state index contributed by atoms with van der Waals surface area (Å²) in [5, 5.41) is 0. The monoisotopic (exact) mass is 247 g/mol. The van der Waals surface area contributed by atoms with Crippen molar-refractivity contribution in [2.24, 2.45) is 0 Å². The van der Waals surface area contributed by atoms with Gasteiger partial charge in [0.2, 0.25) is 0 Å². The van der Waals surface area contributed by atoms with Gasteiger partial charge in [0.25, 0.3) is 5.82 Å². The minimum Gasteiger partial charge on any atom is -0.228 e. The summed E-state index contributed by atoms with van der Waals surface area (Å²) in [4.78, 5) is 0. The van der Waals surface area contributed by atoms with Crippen molar-refractivity contribution in [3.8, 4) is 11.4 Å². The van der Waals surface area contributed by atoms with Gasteiger partial charge in [0, 0.05) is 0 Å². The van der Waals surface area contributed by atoms with E-state index in [0.29, 0.717) is 12.1 Å². The molecule has 18 heavy (non-hydrogen) atoms. The molecule has 0 saturated carbocycles. The minimum absolute atomic E-state index is 0.197. The van der Waals surface area contributed by atoms with Crippen molar-refractivity contribution in [2.45, 2.75) is 39.8 Å². The van der Waals surface area contributed by atoms with Gasteiger partial charge in [-0.2, -0.15) is 0 Å². The second-order valence-corrected chi connectivity index (χ2v) is 5.13. The highest BCUT2D eigenvalue weighted by molar-refractivity contribution is 5.52. The van der Waals surface area contributed by atoms with Gasteiger partial charge in [-0.15, -0.1) is 0 Å². The molecule has 0 N–H and O–H groups in total. The normalized spacial score (nSPS) is 11.5. The van der Waals surface area contributed by atoms with Crippen LogP contribution >= 0.6 is 0 Å². The first-order valence-corrected chi connectivity index (χ1v) is 6.38. The summed E-state index contributed by atoms with van der Waals surface area (Å²) in [7, 11) is 0. The summed E-state index contributed by atoms with van der Waals surface area (Å²) < 4.78 is 17.5. The lowest BCUT2D eigenvalue weighted by Gasteiger charge is -2.09. The van der Waals surface area contributed by atoms with Gasteiger partial charge < -0.3 is 0 Å². The molecule has 1 aromatic carbocycles. The molecular weight excluding hydrogens is 227 g/mol. The van der Waals surface area contributed by atoms with Crippen LogP contribution in [-0.4, -0.2) is 4.57 Å². The molecular formula is C15H20FN2+. The van der Waals surface area contributed by atoms with Crippen LogP contribution in [0.5, 0.6) is 0 Å². The lowest BCUT2D eigenvalue weighted by Crippen LogP contribution is -2.37. The number of benzene rings is 1. The highest BCUT2D eigenvalue weighted by Crippen LogP contribution is 2.21. The Morgan fingerprint density at radius 2 is 1.67 bits per heavy atom. The van der Waals surface area contributed by atoms with Crippen molar-refractivity contribution < 1.29 is 8.96 Å². The molecule has 0 amide bonds. The maximum Gasteiger partial charge on any atom is 0.289 e. The van der Waals surface area contributed by atoms with Gasteiger partial charge in [0.05, 0.1) is 17.6 Å². The van der Waals surface area contributed by atoms with E-state index in [-0.39, 0.29) is 5.82 Å². The third-order valence-electron chi connectivity index (χ3n) is 3.09. The number of aromatic nitrogens is 2. The summed E-state index contributed by atoms with van der Waals surface area (Å²) in [6.45, 7) is 8.60. The van der Waals surface area contributed by atoms with Crippen LogP contribution in [0.4, 0.5) is 4.39 Å². The first-order valence-electron chi connectivity index (χ1n) is 6.38. The molecule has 2 rings (SSSR count). The van der Waals surface area contributed by atoms with E-state index in [9.17, 15) is 4.39 Å². The molecule has 0 aliphatic carbocycles. The Morgan fingerprint density at radius 1 is 1.06 bits per heavy atom. The zero-order valence-corrected chi connectivity index (χ0v) is 11.4. The van der Waals surface area contributed by atoms with Gasteiger partial charge in [-0.1, -0.05) is 0 Å². The van der Waals surface area contributed by atoms with Crippen LogP contribution < -0.4 is 4.57 Å². The fraction of sp³-hybridized carbons (Fsp3) is 0.400. The molecule has 0 atom stereocenters. The molecule has 0 spiro atoms. The Kier molecular flexibility index (Phi) is 3.50. The zero-order valence-electron chi connectivity index (χ0n) is 11.4. The number of hydrogen-bond acceptors (Lipinski definition) is 0. The topological polar surface area (TPSA) is 8.81 Å². The van der Waals surface area contributed by atoms with Crippen LogP contribution in [0.15, 0.2) is 36.7 Å². The third kappa shape index (κ3) is 2.30. The van der Waals surface area contributed by atoms with Crippen molar-refractivity contribution in [2.75, 3.05) is 0 Å². The van der Waals surface area contributed by atoms with Crippen molar-refractivity contribution in [3.05, 3.63) is 42.5 Å². The lowest BCUT2D eigenvalue weighted by atomic mass is 10.2. The van der Waals surface area contributed by atoms with Gasteiger partial charge >= 0.3 is 0 Å². The van der Waals surface area contributed by atoms with Crippen LogP contribution in [0.3, 0.4) is 0 Å². The number of hydrogen-bond donors (Lipinski definition) is 0. The summed E-state index contributed by atoms with van der Waals surface area (Å²) in [5.74, 6) is 0.928. The summed E-state index contributed by atoms with van der Waals surface area (Å²) in [5.41, 5.74) is 1.05. The molecule has 1 heterocycles. The maximum absolute atomic E-state index is 13.0. The maximum atomic E-state index is 13.0. The highest BCUT2D eigenvalue weighted by atomic mass is 19.1. The van der Waals surface area contributed by atoms with E-state index in [4.69, 9.17) is 0 Å². The molecule has 0 unspecified atom stereocenters. The van der Waals surface area contributed by atoms with E-state index in [1.165, 1.54) is 12.1 Å². The zero-order chi connectivity index (χ0) is 13.3. The van der Waals surface area contributed by atoms with Crippen LogP contribution in [0.1, 0.15) is 39.8 Å². The largest absolute Gasteiger partial charge is 0.289 e. The molecule has 0 aliphatic rings. The Bertz CT molecular complexity index is 498. The third-order valence-corrected chi connectivity index (χ3v) is 3.09. The van der Waals surface area contributed by atoms with Crippen LogP contribution in [0, 0.1) is 5.82 Å². The molecule has 0 fully saturated rings. The van der Waals surface area contributed by atoms with E-state index in [0.717, 1.165) is 11.4 Å². The predicted octanol–water partition coefficient (Wildman–Crippen LogP) is 3.74. The Hall–Kier alpha value is -1.64. The average Bonchev–Trinajstić information content (AvgIpc) is 2.74.